The van der Waals surface area contributed by atoms with Crippen molar-refractivity contribution in [1.82, 2.24) is 0 Å². The number of nitrogens with zero attached hydrogens (tertiary/aromatic N) is 3. The van der Waals surface area contributed by atoms with Crippen molar-refractivity contribution < 1.29 is 26.6 Å². The molecule has 0 aliphatic carbocycles. The fourth-order valence-corrected chi connectivity index (χ4v) is 4.66. The average molecular weight is 533 g/mol. The number of aliphatic hydroxyl groups excluding tert-OH is 1. The molecular weight excluding hydrogens is 505 g/mol. The molecule has 1 radical (unpaired) electrons. The van der Waals surface area contributed by atoms with E-state index in [9.17, 15) is 5.11 Å². The van der Waals surface area contributed by atoms with Crippen LogP contribution in [0.15, 0.2) is 94.8 Å². The van der Waals surface area contributed by atoms with Gasteiger partial charge >= 0.3 is 0 Å². The molecule has 0 saturated heterocycles. The Balaban J connectivity index is 0.00000342. The number of allylic oxidation sites excluding steroid dienone is 2. The molecule has 1 aliphatic rings. The second kappa shape index (κ2) is 11.6. The van der Waals surface area contributed by atoms with Crippen LogP contribution in [0.4, 0.5) is 5.69 Å². The van der Waals surface area contributed by atoms with Crippen molar-refractivity contribution in [3.05, 3.63) is 106 Å². The third-order valence-corrected chi connectivity index (χ3v) is 6.47. The Bertz CT molecular complexity index is 1240. The van der Waals surface area contributed by atoms with Crippen LogP contribution in [0.3, 0.4) is 0 Å². The van der Waals surface area contributed by atoms with Gasteiger partial charge in [-0.05, 0) is 79.9 Å². The molecule has 0 spiro atoms. The smallest absolute Gasteiger partial charge is 0.238 e. The van der Waals surface area contributed by atoms with Crippen LogP contribution in [0.25, 0.3) is 0 Å². The summed E-state index contributed by atoms with van der Waals surface area (Å²) in [5.41, 5.74) is 4.92. The van der Waals surface area contributed by atoms with Gasteiger partial charge in [0.25, 0.3) is 0 Å². The van der Waals surface area contributed by atoms with E-state index in [1.807, 2.05) is 42.5 Å². The fourth-order valence-electron chi connectivity index (χ4n) is 4.53. The molecule has 1 heterocycles. The minimum atomic E-state index is -0.328. The van der Waals surface area contributed by atoms with Gasteiger partial charge in [-0.2, -0.15) is 5.10 Å². The molecule has 4 rings (SSSR count). The Morgan fingerprint density at radius 1 is 1.09 bits per heavy atom. The Labute approximate surface area is 222 Å². The zero-order chi connectivity index (χ0) is 24.1. The van der Waals surface area contributed by atoms with Crippen molar-refractivity contribution >= 4 is 29.4 Å². The van der Waals surface area contributed by atoms with Gasteiger partial charge in [0.2, 0.25) is 5.90 Å². The van der Waals surface area contributed by atoms with Crippen molar-refractivity contribution in [3.8, 4) is 5.75 Å². The quantitative estimate of drug-likeness (QED) is 0.213. The Hall–Kier alpha value is -3.06. The number of likely N-dealkylation sites (N-methyl/N-ethyl adjacent to an activating group) is 1. The van der Waals surface area contributed by atoms with Crippen LogP contribution in [0, 0.1) is 0 Å². The maximum Gasteiger partial charge on any atom is 0.238 e. The number of fused-ring (bicyclic) bond motifs is 1. The van der Waals surface area contributed by atoms with Crippen molar-refractivity contribution in [2.45, 2.75) is 25.7 Å². The SMILES string of the molecule is CCN1\C(=C/C=N/N=C(\O)c2ccccc2)C(C)(Cc2ccc(Cl)cc2)c2cc(OC)ccc21.[Co]. The van der Waals surface area contributed by atoms with Gasteiger partial charge < -0.3 is 14.7 Å². The second-order valence-corrected chi connectivity index (χ2v) is 8.81. The van der Waals surface area contributed by atoms with E-state index in [1.165, 1.54) is 11.1 Å². The number of hydrogen-bond acceptors (Lipinski definition) is 4. The topological polar surface area (TPSA) is 57.4 Å². The second-order valence-electron chi connectivity index (χ2n) is 8.37. The number of benzene rings is 3. The van der Waals surface area contributed by atoms with E-state index in [2.05, 4.69) is 53.2 Å². The maximum absolute atomic E-state index is 10.2. The van der Waals surface area contributed by atoms with Crippen LogP contribution in [0.5, 0.6) is 5.75 Å². The summed E-state index contributed by atoms with van der Waals surface area (Å²) in [7, 11) is 1.69. The van der Waals surface area contributed by atoms with E-state index in [1.54, 1.807) is 25.5 Å². The number of aliphatic hydroxyl groups is 1. The van der Waals surface area contributed by atoms with Crippen molar-refractivity contribution in [2.75, 3.05) is 18.6 Å². The first-order valence-electron chi connectivity index (χ1n) is 11.2. The van der Waals surface area contributed by atoms with E-state index < -0.39 is 0 Å². The Kier molecular flexibility index (Phi) is 8.78. The molecule has 0 amide bonds. The zero-order valence-electron chi connectivity index (χ0n) is 19.9. The Morgan fingerprint density at radius 3 is 2.46 bits per heavy atom. The summed E-state index contributed by atoms with van der Waals surface area (Å²) < 4.78 is 5.54. The van der Waals surface area contributed by atoms with Crippen molar-refractivity contribution in [3.63, 3.8) is 0 Å². The first-order valence-corrected chi connectivity index (χ1v) is 11.6. The summed E-state index contributed by atoms with van der Waals surface area (Å²) in [6, 6.07) is 23.3. The third kappa shape index (κ3) is 5.61. The molecule has 1 N–H and O–H groups in total. The summed E-state index contributed by atoms with van der Waals surface area (Å²) >= 11 is 6.13. The minimum Gasteiger partial charge on any atom is -0.497 e. The maximum atomic E-state index is 10.2. The molecule has 1 aliphatic heterocycles. The predicted octanol–water partition coefficient (Wildman–Crippen LogP) is 6.56. The molecule has 1 atom stereocenters. The van der Waals surface area contributed by atoms with Crippen LogP contribution >= 0.6 is 11.6 Å². The molecule has 5 nitrogen and oxygen atoms in total. The van der Waals surface area contributed by atoms with Crippen molar-refractivity contribution in [2.24, 2.45) is 10.2 Å². The molecule has 0 bridgehead atoms. The number of methoxy groups -OCH3 is 1. The monoisotopic (exact) mass is 532 g/mol. The number of ether oxygens (including phenoxy) is 1. The molecule has 35 heavy (non-hydrogen) atoms. The average Bonchev–Trinajstić information content (AvgIpc) is 3.10. The molecule has 3 aromatic rings. The normalized spacial score (nSPS) is 18.6. The molecule has 1 unspecified atom stereocenters. The molecule has 7 heteroatoms. The van der Waals surface area contributed by atoms with Gasteiger partial charge in [-0.3, -0.25) is 0 Å². The van der Waals surface area contributed by atoms with Crippen molar-refractivity contribution in [1.29, 1.82) is 0 Å². The van der Waals surface area contributed by atoms with Gasteiger partial charge in [-0.15, -0.1) is 5.10 Å². The van der Waals surface area contributed by atoms with E-state index in [0.29, 0.717) is 5.56 Å². The summed E-state index contributed by atoms with van der Waals surface area (Å²) in [4.78, 5) is 2.29. The van der Waals surface area contributed by atoms with Crippen LogP contribution in [0.1, 0.15) is 30.5 Å². The van der Waals surface area contributed by atoms with Gasteiger partial charge in [-0.1, -0.05) is 41.9 Å². The van der Waals surface area contributed by atoms with Gasteiger partial charge in [0.05, 0.1) is 13.3 Å². The first kappa shape index (κ1) is 26.5. The van der Waals surface area contributed by atoms with Crippen LogP contribution in [-0.2, 0) is 28.6 Å². The molecular formula is C28H28ClCoN3O2. The Morgan fingerprint density at radius 2 is 1.80 bits per heavy atom. The summed E-state index contributed by atoms with van der Waals surface area (Å²) in [6.07, 6.45) is 4.40. The molecule has 0 saturated carbocycles. The van der Waals surface area contributed by atoms with Gasteiger partial charge in [0.1, 0.15) is 5.75 Å². The molecule has 3 aromatic carbocycles. The summed E-state index contributed by atoms with van der Waals surface area (Å²) in [5, 5.41) is 19.0. The standard InChI is InChI=1S/C28H28ClN3O2.Co/c1-4-32-25-15-14-23(34-3)18-24(25)28(2,19-20-10-12-22(29)13-11-20)26(32)16-17-30-31-27(33)21-8-6-5-7-9-21;/h5-18H,4,19H2,1-3H3,(H,31,33);/b26-16-,30-17+;. The first-order chi connectivity index (χ1) is 16.5. The van der Waals surface area contributed by atoms with E-state index in [0.717, 1.165) is 35.1 Å². The van der Waals surface area contributed by atoms with Crippen LogP contribution in [-0.4, -0.2) is 30.9 Å². The number of rotatable bonds is 7. The third-order valence-electron chi connectivity index (χ3n) is 6.22. The van der Waals surface area contributed by atoms with Gasteiger partial charge in [0, 0.05) is 50.7 Å². The zero-order valence-corrected chi connectivity index (χ0v) is 21.7. The van der Waals surface area contributed by atoms with Crippen LogP contribution < -0.4 is 9.64 Å². The van der Waals surface area contributed by atoms with Gasteiger partial charge in [0.15, 0.2) is 0 Å². The number of hydrogen-bond donors (Lipinski definition) is 1. The van der Waals surface area contributed by atoms with Crippen LogP contribution in [0.2, 0.25) is 5.02 Å². The fraction of sp³-hybridized carbons (Fsp3) is 0.214. The summed E-state index contributed by atoms with van der Waals surface area (Å²) in [5.74, 6) is 0.704. The number of anilines is 1. The van der Waals surface area contributed by atoms with E-state index >= 15 is 0 Å². The molecule has 0 aromatic heterocycles. The predicted molar refractivity (Wildman–Crippen MR) is 141 cm³/mol. The van der Waals surface area contributed by atoms with E-state index in [4.69, 9.17) is 16.3 Å². The van der Waals surface area contributed by atoms with Gasteiger partial charge in [-0.25, -0.2) is 0 Å². The van der Waals surface area contributed by atoms with E-state index in [-0.39, 0.29) is 28.1 Å². The summed E-state index contributed by atoms with van der Waals surface area (Å²) in [6.45, 7) is 5.17. The molecule has 183 valence electrons. The largest absolute Gasteiger partial charge is 0.497 e. The molecule has 0 fully saturated rings. The minimum absolute atomic E-state index is 0. The number of halogens is 1.